The maximum atomic E-state index is 10.0. The van der Waals surface area contributed by atoms with Crippen LogP contribution >= 0.6 is 0 Å². The summed E-state index contributed by atoms with van der Waals surface area (Å²) in [4.78, 5) is 10.0. The first kappa shape index (κ1) is 9.95. The van der Waals surface area contributed by atoms with Crippen molar-refractivity contribution in [1.82, 2.24) is 0 Å². The Balaban J connectivity index is 3.44. The Bertz CT molecular complexity index is 159. The first-order chi connectivity index (χ1) is 5.16. The van der Waals surface area contributed by atoms with E-state index in [1.54, 1.807) is 6.08 Å². The van der Waals surface area contributed by atoms with Gasteiger partial charge in [0.25, 0.3) is 0 Å². The van der Waals surface area contributed by atoms with E-state index in [-0.39, 0.29) is 6.42 Å². The molecule has 0 spiro atoms. The molecule has 11 heavy (non-hydrogen) atoms. The first-order valence-electron chi connectivity index (χ1n) is 3.66. The molecule has 0 heterocycles. The highest BCUT2D eigenvalue weighted by molar-refractivity contribution is 5.68. The molecule has 0 radical (unpaired) electrons. The maximum absolute atomic E-state index is 10.0. The van der Waals surface area contributed by atoms with Gasteiger partial charge in [0.2, 0.25) is 0 Å². The van der Waals surface area contributed by atoms with Crippen molar-refractivity contribution in [2.24, 2.45) is 5.92 Å². The molecule has 0 aromatic carbocycles. The molecule has 0 fully saturated rings. The van der Waals surface area contributed by atoms with Crippen LogP contribution in [0.4, 0.5) is 0 Å². The highest BCUT2D eigenvalue weighted by atomic mass is 16.4. The van der Waals surface area contributed by atoms with Crippen LogP contribution in [-0.4, -0.2) is 11.1 Å². The van der Waals surface area contributed by atoms with Crippen molar-refractivity contribution in [3.63, 3.8) is 0 Å². The molecule has 0 saturated heterocycles. The summed E-state index contributed by atoms with van der Waals surface area (Å²) in [5.41, 5.74) is 0. The lowest BCUT2D eigenvalue weighted by molar-refractivity contribution is -0.136. The van der Waals surface area contributed by atoms with Gasteiger partial charge in [0.15, 0.2) is 0 Å². The number of carboxylic acid groups (broad SMARTS) is 1. The third kappa shape index (κ3) is 6.84. The Morgan fingerprint density at radius 2 is 2.27 bits per heavy atom. The summed E-state index contributed by atoms with van der Waals surface area (Å²) in [7, 11) is 0. The molecule has 0 aromatic rings. The molecule has 1 N–H and O–H groups in total. The van der Waals surface area contributed by atoms with Crippen molar-refractivity contribution in [1.29, 1.82) is 0 Å². The first-order valence-corrected chi connectivity index (χ1v) is 3.66. The molecular weight excluding hydrogens is 140 g/mol. The highest BCUT2D eigenvalue weighted by Crippen LogP contribution is 2.02. The monoisotopic (exact) mass is 154 g/mol. The molecule has 62 valence electrons. The molecule has 1 unspecified atom stereocenters. The van der Waals surface area contributed by atoms with E-state index in [1.165, 1.54) is 0 Å². The second kappa shape index (κ2) is 5.71. The van der Waals surface area contributed by atoms with E-state index in [9.17, 15) is 4.79 Å². The van der Waals surface area contributed by atoms with E-state index in [2.05, 4.69) is 6.58 Å². The van der Waals surface area contributed by atoms with Crippen molar-refractivity contribution in [3.8, 4) is 0 Å². The SMILES string of the molecule is C=CC(C)CC=CCC(=O)O. The normalized spacial score (nSPS) is 13.2. The van der Waals surface area contributed by atoms with Crippen molar-refractivity contribution in [2.75, 3.05) is 0 Å². The van der Waals surface area contributed by atoms with Crippen molar-refractivity contribution in [3.05, 3.63) is 24.8 Å². The van der Waals surface area contributed by atoms with Crippen LogP contribution in [0.15, 0.2) is 24.8 Å². The van der Waals surface area contributed by atoms with Gasteiger partial charge in [-0.15, -0.1) is 6.58 Å². The van der Waals surface area contributed by atoms with Gasteiger partial charge in [-0.05, 0) is 12.3 Å². The molecule has 2 heteroatoms. The zero-order valence-corrected chi connectivity index (χ0v) is 6.79. The van der Waals surface area contributed by atoms with Crippen LogP contribution in [0.1, 0.15) is 19.8 Å². The Morgan fingerprint density at radius 1 is 1.64 bits per heavy atom. The van der Waals surface area contributed by atoms with Gasteiger partial charge in [-0.3, -0.25) is 4.79 Å². The summed E-state index contributed by atoms with van der Waals surface area (Å²) < 4.78 is 0. The Labute approximate surface area is 67.2 Å². The third-order valence-corrected chi connectivity index (χ3v) is 1.37. The number of carboxylic acids is 1. The van der Waals surface area contributed by atoms with Gasteiger partial charge in [0.05, 0.1) is 6.42 Å². The molecule has 0 aliphatic rings. The van der Waals surface area contributed by atoms with Crippen molar-refractivity contribution < 1.29 is 9.90 Å². The maximum Gasteiger partial charge on any atom is 0.307 e. The zero-order chi connectivity index (χ0) is 8.69. The average molecular weight is 154 g/mol. The predicted molar refractivity (Wildman–Crippen MR) is 45.4 cm³/mol. The smallest absolute Gasteiger partial charge is 0.307 e. The van der Waals surface area contributed by atoms with Gasteiger partial charge in [-0.2, -0.15) is 0 Å². The summed E-state index contributed by atoms with van der Waals surface area (Å²) in [5.74, 6) is -0.354. The standard InChI is InChI=1S/C9H14O2/c1-3-8(2)6-4-5-7-9(10)11/h3-5,8H,1,6-7H2,2H3,(H,10,11). The number of allylic oxidation sites excluding steroid dienone is 2. The minimum atomic E-state index is -0.785. The van der Waals surface area contributed by atoms with E-state index >= 15 is 0 Å². The lowest BCUT2D eigenvalue weighted by Crippen LogP contribution is -1.90. The summed E-state index contributed by atoms with van der Waals surface area (Å²) in [6.45, 7) is 5.66. The van der Waals surface area contributed by atoms with E-state index in [0.717, 1.165) is 6.42 Å². The van der Waals surface area contributed by atoms with Crippen LogP contribution in [0.25, 0.3) is 0 Å². The largest absolute Gasteiger partial charge is 0.481 e. The fraction of sp³-hybridized carbons (Fsp3) is 0.444. The van der Waals surface area contributed by atoms with Crippen LogP contribution in [0.3, 0.4) is 0 Å². The third-order valence-electron chi connectivity index (χ3n) is 1.37. The Hall–Kier alpha value is -1.05. The predicted octanol–water partition coefficient (Wildman–Crippen LogP) is 2.23. The lowest BCUT2D eigenvalue weighted by atomic mass is 10.1. The number of rotatable bonds is 5. The number of carbonyl (C=O) groups is 1. The van der Waals surface area contributed by atoms with Gasteiger partial charge in [-0.25, -0.2) is 0 Å². The second-order valence-corrected chi connectivity index (χ2v) is 2.52. The van der Waals surface area contributed by atoms with E-state index in [0.29, 0.717) is 5.92 Å². The van der Waals surface area contributed by atoms with E-state index < -0.39 is 5.97 Å². The summed E-state index contributed by atoms with van der Waals surface area (Å²) in [6.07, 6.45) is 6.38. The summed E-state index contributed by atoms with van der Waals surface area (Å²) in [6, 6.07) is 0. The lowest BCUT2D eigenvalue weighted by Gasteiger charge is -1.97. The van der Waals surface area contributed by atoms with Crippen molar-refractivity contribution >= 4 is 5.97 Å². The molecule has 2 nitrogen and oxygen atoms in total. The Kier molecular flexibility index (Phi) is 5.17. The zero-order valence-electron chi connectivity index (χ0n) is 6.79. The molecule has 1 atom stereocenters. The van der Waals surface area contributed by atoms with Crippen LogP contribution in [0, 0.1) is 5.92 Å². The Morgan fingerprint density at radius 3 is 2.73 bits per heavy atom. The molecule has 0 aliphatic heterocycles. The number of hydrogen-bond acceptors (Lipinski definition) is 1. The summed E-state index contributed by atoms with van der Waals surface area (Å²) in [5, 5.41) is 8.26. The topological polar surface area (TPSA) is 37.3 Å². The van der Waals surface area contributed by atoms with Crippen LogP contribution < -0.4 is 0 Å². The fourth-order valence-corrected chi connectivity index (χ4v) is 0.591. The average Bonchev–Trinajstić information content (AvgIpc) is 1.97. The minimum absolute atomic E-state index is 0.115. The number of hydrogen-bond donors (Lipinski definition) is 1. The fourth-order valence-electron chi connectivity index (χ4n) is 0.591. The molecular formula is C9H14O2. The van der Waals surface area contributed by atoms with Crippen LogP contribution in [-0.2, 0) is 4.79 Å². The van der Waals surface area contributed by atoms with Gasteiger partial charge in [-0.1, -0.05) is 25.2 Å². The molecule has 0 saturated carbocycles. The molecule has 0 bridgehead atoms. The van der Waals surface area contributed by atoms with Gasteiger partial charge in [0.1, 0.15) is 0 Å². The number of aliphatic carboxylic acids is 1. The van der Waals surface area contributed by atoms with E-state index in [1.807, 2.05) is 19.1 Å². The van der Waals surface area contributed by atoms with Gasteiger partial charge >= 0.3 is 5.97 Å². The molecule has 0 aromatic heterocycles. The van der Waals surface area contributed by atoms with Crippen molar-refractivity contribution in [2.45, 2.75) is 19.8 Å². The summed E-state index contributed by atoms with van der Waals surface area (Å²) >= 11 is 0. The molecule has 0 rings (SSSR count). The van der Waals surface area contributed by atoms with Gasteiger partial charge in [0, 0.05) is 0 Å². The minimum Gasteiger partial charge on any atom is -0.481 e. The quantitative estimate of drug-likeness (QED) is 0.616. The van der Waals surface area contributed by atoms with Crippen LogP contribution in [0.5, 0.6) is 0 Å². The van der Waals surface area contributed by atoms with E-state index in [4.69, 9.17) is 5.11 Å². The van der Waals surface area contributed by atoms with Crippen LogP contribution in [0.2, 0.25) is 0 Å². The second-order valence-electron chi connectivity index (χ2n) is 2.52. The molecule has 0 aliphatic carbocycles. The van der Waals surface area contributed by atoms with Gasteiger partial charge < -0.3 is 5.11 Å². The molecule has 0 amide bonds. The highest BCUT2D eigenvalue weighted by Gasteiger charge is 1.92.